The van der Waals surface area contributed by atoms with Crippen molar-refractivity contribution in [2.45, 2.75) is 31.4 Å². The van der Waals surface area contributed by atoms with Gasteiger partial charge in [0.2, 0.25) is 5.95 Å². The molecule has 6 heteroatoms. The van der Waals surface area contributed by atoms with Crippen LogP contribution in [0.3, 0.4) is 0 Å². The van der Waals surface area contributed by atoms with E-state index >= 15 is 0 Å². The second-order valence-electron chi connectivity index (χ2n) is 3.71. The Morgan fingerprint density at radius 3 is 2.79 bits per heavy atom. The molecule has 0 saturated heterocycles. The quantitative estimate of drug-likeness (QED) is 0.739. The minimum absolute atomic E-state index is 0.0732. The van der Waals surface area contributed by atoms with Gasteiger partial charge in [-0.2, -0.15) is 0 Å². The van der Waals surface area contributed by atoms with Gasteiger partial charge in [-0.1, -0.05) is 0 Å². The molecule has 0 bridgehead atoms. The molecule has 2 rings (SSSR count). The summed E-state index contributed by atoms with van der Waals surface area (Å²) in [5, 5.41) is 6.53. The Morgan fingerprint density at radius 1 is 1.71 bits per heavy atom. The Hall–Kier alpha value is -0.880. The summed E-state index contributed by atoms with van der Waals surface area (Å²) in [6, 6.07) is 0. The second kappa shape index (κ2) is 3.36. The van der Waals surface area contributed by atoms with Gasteiger partial charge in [-0.3, -0.25) is 4.57 Å². The first-order valence-corrected chi connectivity index (χ1v) is 5.03. The highest BCUT2D eigenvalue weighted by atomic mass is 32.1. The van der Waals surface area contributed by atoms with Crippen LogP contribution in [0, 0.1) is 4.77 Å². The lowest BCUT2D eigenvalue weighted by Crippen LogP contribution is -2.43. The molecule has 1 aromatic rings. The van der Waals surface area contributed by atoms with Crippen molar-refractivity contribution in [1.29, 1.82) is 0 Å². The zero-order valence-corrected chi connectivity index (χ0v) is 8.93. The maximum Gasteiger partial charge on any atom is 0.220 e. The van der Waals surface area contributed by atoms with Crippen molar-refractivity contribution in [3.63, 3.8) is 0 Å². The van der Waals surface area contributed by atoms with Crippen molar-refractivity contribution in [3.8, 4) is 0 Å². The first kappa shape index (κ1) is 9.67. The summed E-state index contributed by atoms with van der Waals surface area (Å²) in [4.78, 5) is 0. The van der Waals surface area contributed by atoms with Gasteiger partial charge in [0, 0.05) is 7.11 Å². The average molecular weight is 214 g/mol. The monoisotopic (exact) mass is 214 g/mol. The molecule has 1 aliphatic carbocycles. The van der Waals surface area contributed by atoms with Crippen LogP contribution in [0.5, 0.6) is 0 Å². The SMILES string of the molecule is COC1(Cn2c(N)n[nH]c2=S)CCC1. The third kappa shape index (κ3) is 1.44. The molecule has 1 fully saturated rings. The number of nitrogens with one attached hydrogen (secondary N) is 1. The number of nitrogen functional groups attached to an aromatic ring is 1. The van der Waals surface area contributed by atoms with Crippen molar-refractivity contribution in [3.05, 3.63) is 4.77 Å². The van der Waals surface area contributed by atoms with E-state index in [1.807, 2.05) is 0 Å². The molecule has 1 heterocycles. The number of aromatic nitrogens is 3. The highest BCUT2D eigenvalue weighted by Crippen LogP contribution is 2.36. The zero-order valence-electron chi connectivity index (χ0n) is 8.12. The first-order valence-electron chi connectivity index (χ1n) is 4.63. The molecule has 0 unspecified atom stereocenters. The van der Waals surface area contributed by atoms with E-state index in [0.717, 1.165) is 12.8 Å². The number of H-pyrrole nitrogens is 1. The fourth-order valence-electron chi connectivity index (χ4n) is 1.77. The number of hydrogen-bond donors (Lipinski definition) is 2. The molecule has 0 radical (unpaired) electrons. The molecule has 0 amide bonds. The van der Waals surface area contributed by atoms with E-state index in [1.54, 1.807) is 11.7 Å². The summed E-state index contributed by atoms with van der Waals surface area (Å²) in [5.41, 5.74) is 5.61. The van der Waals surface area contributed by atoms with Crippen molar-refractivity contribution < 1.29 is 4.74 Å². The van der Waals surface area contributed by atoms with Gasteiger partial charge in [-0.25, -0.2) is 5.10 Å². The number of hydrogen-bond acceptors (Lipinski definition) is 4. The van der Waals surface area contributed by atoms with Gasteiger partial charge in [0.15, 0.2) is 4.77 Å². The highest BCUT2D eigenvalue weighted by Gasteiger charge is 2.37. The standard InChI is InChI=1S/C8H14N4OS/c1-13-8(3-2-4-8)5-12-6(9)10-11-7(12)14/h2-5H2,1H3,(H2,9,10)(H,11,14). The van der Waals surface area contributed by atoms with Gasteiger partial charge in [0.05, 0.1) is 12.1 Å². The van der Waals surface area contributed by atoms with Crippen LogP contribution in [0.2, 0.25) is 0 Å². The van der Waals surface area contributed by atoms with Crippen molar-refractivity contribution in [2.75, 3.05) is 12.8 Å². The predicted octanol–water partition coefficient (Wildman–Crippen LogP) is 1.09. The Bertz CT molecular complexity index is 373. The largest absolute Gasteiger partial charge is 0.376 e. The lowest BCUT2D eigenvalue weighted by Gasteiger charge is -2.40. The Morgan fingerprint density at radius 2 is 2.43 bits per heavy atom. The molecule has 0 atom stereocenters. The highest BCUT2D eigenvalue weighted by molar-refractivity contribution is 7.71. The summed E-state index contributed by atoms with van der Waals surface area (Å²) in [5.74, 6) is 0.429. The Labute approximate surface area is 87.3 Å². The van der Waals surface area contributed by atoms with E-state index in [-0.39, 0.29) is 5.60 Å². The number of anilines is 1. The molecule has 0 aliphatic heterocycles. The van der Waals surface area contributed by atoms with E-state index < -0.39 is 0 Å². The summed E-state index contributed by atoms with van der Waals surface area (Å²) < 4.78 is 7.84. The first-order chi connectivity index (χ1) is 6.67. The number of rotatable bonds is 3. The molecule has 1 aromatic heterocycles. The maximum atomic E-state index is 5.68. The van der Waals surface area contributed by atoms with E-state index in [2.05, 4.69) is 10.2 Å². The van der Waals surface area contributed by atoms with E-state index in [1.165, 1.54) is 6.42 Å². The van der Waals surface area contributed by atoms with Crippen molar-refractivity contribution in [1.82, 2.24) is 14.8 Å². The van der Waals surface area contributed by atoms with Crippen LogP contribution in [0.25, 0.3) is 0 Å². The molecular formula is C8H14N4OS. The van der Waals surface area contributed by atoms with Crippen LogP contribution >= 0.6 is 12.2 Å². The Kier molecular flexibility index (Phi) is 2.32. The fourth-order valence-corrected chi connectivity index (χ4v) is 1.97. The lowest BCUT2D eigenvalue weighted by molar-refractivity contribution is -0.0834. The molecule has 78 valence electrons. The minimum Gasteiger partial charge on any atom is -0.376 e. The molecular weight excluding hydrogens is 200 g/mol. The van der Waals surface area contributed by atoms with Gasteiger partial charge in [0.25, 0.3) is 0 Å². The summed E-state index contributed by atoms with van der Waals surface area (Å²) in [6.45, 7) is 0.699. The van der Waals surface area contributed by atoms with Crippen LogP contribution < -0.4 is 5.73 Å². The zero-order chi connectivity index (χ0) is 10.2. The molecule has 1 saturated carbocycles. The van der Waals surface area contributed by atoms with Crippen molar-refractivity contribution >= 4 is 18.2 Å². The van der Waals surface area contributed by atoms with Crippen LogP contribution in [0.15, 0.2) is 0 Å². The molecule has 3 N–H and O–H groups in total. The molecule has 0 spiro atoms. The predicted molar refractivity (Wildman–Crippen MR) is 55.4 cm³/mol. The third-order valence-electron chi connectivity index (χ3n) is 2.93. The Balaban J connectivity index is 2.21. The maximum absolute atomic E-state index is 5.68. The normalized spacial score (nSPS) is 19.2. The van der Waals surface area contributed by atoms with Crippen LogP contribution in [-0.2, 0) is 11.3 Å². The van der Waals surface area contributed by atoms with Gasteiger partial charge in [-0.15, -0.1) is 5.10 Å². The number of nitrogens with two attached hydrogens (primary N) is 1. The van der Waals surface area contributed by atoms with Gasteiger partial charge < -0.3 is 10.5 Å². The average Bonchev–Trinajstić information content (AvgIpc) is 2.41. The topological polar surface area (TPSA) is 68.9 Å². The van der Waals surface area contributed by atoms with Crippen LogP contribution in [-0.4, -0.2) is 27.5 Å². The van der Waals surface area contributed by atoms with E-state index in [9.17, 15) is 0 Å². The molecule has 5 nitrogen and oxygen atoms in total. The van der Waals surface area contributed by atoms with Gasteiger partial charge >= 0.3 is 0 Å². The second-order valence-corrected chi connectivity index (χ2v) is 4.10. The summed E-state index contributed by atoms with van der Waals surface area (Å²) in [6.07, 6.45) is 3.34. The van der Waals surface area contributed by atoms with Crippen LogP contribution in [0.4, 0.5) is 5.95 Å². The smallest absolute Gasteiger partial charge is 0.220 e. The summed E-state index contributed by atoms with van der Waals surface area (Å²) in [7, 11) is 1.74. The van der Waals surface area contributed by atoms with E-state index in [0.29, 0.717) is 17.3 Å². The van der Waals surface area contributed by atoms with E-state index in [4.69, 9.17) is 22.7 Å². The van der Waals surface area contributed by atoms with Gasteiger partial charge in [-0.05, 0) is 31.5 Å². The van der Waals surface area contributed by atoms with Crippen molar-refractivity contribution in [2.24, 2.45) is 0 Å². The third-order valence-corrected chi connectivity index (χ3v) is 3.24. The molecule has 1 aliphatic rings. The molecule has 0 aromatic carbocycles. The number of ether oxygens (including phenoxy) is 1. The number of aromatic amines is 1. The molecule has 14 heavy (non-hydrogen) atoms. The van der Waals surface area contributed by atoms with Crippen LogP contribution in [0.1, 0.15) is 19.3 Å². The number of nitrogens with zero attached hydrogens (tertiary/aromatic N) is 2. The van der Waals surface area contributed by atoms with Gasteiger partial charge in [0.1, 0.15) is 0 Å². The minimum atomic E-state index is -0.0732. The fraction of sp³-hybridized carbons (Fsp3) is 0.750. The summed E-state index contributed by atoms with van der Waals surface area (Å²) >= 11 is 5.07. The number of methoxy groups -OCH3 is 1. The lowest BCUT2D eigenvalue weighted by atomic mass is 9.80.